The second-order valence-corrected chi connectivity index (χ2v) is 5.39. The van der Waals surface area contributed by atoms with Crippen LogP contribution in [0.15, 0.2) is 24.3 Å². The van der Waals surface area contributed by atoms with Crippen molar-refractivity contribution in [3.63, 3.8) is 0 Å². The van der Waals surface area contributed by atoms with Crippen LogP contribution in [0.5, 0.6) is 0 Å². The molecule has 1 fully saturated rings. The lowest BCUT2D eigenvalue weighted by atomic mass is 10.1. The van der Waals surface area contributed by atoms with Crippen LogP contribution >= 0.6 is 0 Å². The van der Waals surface area contributed by atoms with Crippen molar-refractivity contribution < 1.29 is 14.4 Å². The van der Waals surface area contributed by atoms with Crippen LogP contribution in [0.2, 0.25) is 0 Å². The lowest BCUT2D eigenvalue weighted by molar-refractivity contribution is -0.122. The van der Waals surface area contributed by atoms with Crippen LogP contribution < -0.4 is 20.9 Å². The predicted octanol–water partition coefficient (Wildman–Crippen LogP) is 0.357. The van der Waals surface area contributed by atoms with Gasteiger partial charge in [-0.3, -0.25) is 14.9 Å². The molecule has 4 amide bonds. The van der Waals surface area contributed by atoms with E-state index in [0.717, 1.165) is 11.3 Å². The first-order valence-electron chi connectivity index (χ1n) is 7.10. The van der Waals surface area contributed by atoms with Gasteiger partial charge in [-0.1, -0.05) is 12.1 Å². The van der Waals surface area contributed by atoms with E-state index < -0.39 is 12.1 Å². The molecule has 0 spiro atoms. The Hall–Kier alpha value is -2.57. The minimum absolute atomic E-state index is 0.148. The standard InChI is InChI=1S/C15H20N4O3/c1-19(2)11-5-3-10(4-6-11)9-16-13(20)8-7-12-14(21)18-15(22)17-12/h3-6,12H,7-9H2,1-2H3,(H,16,20)(H2,17,18,21,22). The molecule has 0 aliphatic carbocycles. The monoisotopic (exact) mass is 304 g/mol. The van der Waals surface area contributed by atoms with Crippen LogP contribution in [0.4, 0.5) is 10.5 Å². The van der Waals surface area contributed by atoms with Gasteiger partial charge >= 0.3 is 6.03 Å². The molecule has 0 aromatic heterocycles. The molecule has 2 rings (SSSR count). The summed E-state index contributed by atoms with van der Waals surface area (Å²) in [5, 5.41) is 7.40. The van der Waals surface area contributed by atoms with E-state index in [1.165, 1.54) is 0 Å². The van der Waals surface area contributed by atoms with E-state index in [2.05, 4.69) is 16.0 Å². The molecule has 7 nitrogen and oxygen atoms in total. The summed E-state index contributed by atoms with van der Waals surface area (Å²) in [5.41, 5.74) is 2.10. The van der Waals surface area contributed by atoms with E-state index in [-0.39, 0.29) is 18.2 Å². The van der Waals surface area contributed by atoms with Crippen LogP contribution in [-0.4, -0.2) is 38.0 Å². The third-order valence-electron chi connectivity index (χ3n) is 3.46. The Morgan fingerprint density at radius 2 is 1.91 bits per heavy atom. The highest BCUT2D eigenvalue weighted by Crippen LogP contribution is 2.12. The topological polar surface area (TPSA) is 90.5 Å². The van der Waals surface area contributed by atoms with E-state index in [0.29, 0.717) is 13.0 Å². The van der Waals surface area contributed by atoms with E-state index >= 15 is 0 Å². The summed E-state index contributed by atoms with van der Waals surface area (Å²) in [4.78, 5) is 36.1. The van der Waals surface area contributed by atoms with Crippen LogP contribution in [-0.2, 0) is 16.1 Å². The van der Waals surface area contributed by atoms with Crippen molar-refractivity contribution in [3.05, 3.63) is 29.8 Å². The lowest BCUT2D eigenvalue weighted by Gasteiger charge is -2.13. The average Bonchev–Trinajstić information content (AvgIpc) is 2.81. The molecule has 0 bridgehead atoms. The number of hydrogen-bond donors (Lipinski definition) is 3. The zero-order valence-electron chi connectivity index (χ0n) is 12.7. The zero-order valence-corrected chi connectivity index (χ0v) is 12.7. The number of benzene rings is 1. The van der Waals surface area contributed by atoms with Gasteiger partial charge < -0.3 is 15.5 Å². The predicted molar refractivity (Wildman–Crippen MR) is 82.3 cm³/mol. The maximum atomic E-state index is 11.8. The largest absolute Gasteiger partial charge is 0.378 e. The maximum Gasteiger partial charge on any atom is 0.322 e. The fourth-order valence-corrected chi connectivity index (χ4v) is 2.14. The van der Waals surface area contributed by atoms with Crippen molar-refractivity contribution in [1.82, 2.24) is 16.0 Å². The Bertz CT molecular complexity index is 569. The highest BCUT2D eigenvalue weighted by atomic mass is 16.2. The summed E-state index contributed by atoms with van der Waals surface area (Å²) in [6.45, 7) is 0.440. The molecule has 7 heteroatoms. The molecule has 1 aromatic rings. The molecule has 1 aliphatic heterocycles. The van der Waals surface area contributed by atoms with Gasteiger partial charge in [0.2, 0.25) is 5.91 Å². The first-order chi connectivity index (χ1) is 10.5. The summed E-state index contributed by atoms with van der Waals surface area (Å²) in [5.74, 6) is -0.525. The molecule has 3 N–H and O–H groups in total. The van der Waals surface area contributed by atoms with Gasteiger partial charge in [0.05, 0.1) is 0 Å². The van der Waals surface area contributed by atoms with Crippen molar-refractivity contribution in [3.8, 4) is 0 Å². The summed E-state index contributed by atoms with van der Waals surface area (Å²) in [7, 11) is 3.93. The molecule has 1 aliphatic rings. The van der Waals surface area contributed by atoms with E-state index in [1.807, 2.05) is 43.3 Å². The third kappa shape index (κ3) is 4.21. The molecule has 1 unspecified atom stereocenters. The van der Waals surface area contributed by atoms with E-state index in [1.54, 1.807) is 0 Å². The van der Waals surface area contributed by atoms with Gasteiger partial charge in [0.1, 0.15) is 6.04 Å². The highest BCUT2D eigenvalue weighted by Gasteiger charge is 2.29. The van der Waals surface area contributed by atoms with Crippen molar-refractivity contribution in [2.75, 3.05) is 19.0 Å². The second-order valence-electron chi connectivity index (χ2n) is 5.39. The van der Waals surface area contributed by atoms with Crippen molar-refractivity contribution in [1.29, 1.82) is 0 Å². The van der Waals surface area contributed by atoms with Gasteiger partial charge in [-0.2, -0.15) is 0 Å². The Balaban J connectivity index is 1.73. The first kappa shape index (κ1) is 15.8. The fraction of sp³-hybridized carbons (Fsp3) is 0.400. The van der Waals surface area contributed by atoms with E-state index in [4.69, 9.17) is 0 Å². The summed E-state index contributed by atoms with van der Waals surface area (Å²) >= 11 is 0. The first-order valence-corrected chi connectivity index (χ1v) is 7.10. The average molecular weight is 304 g/mol. The number of carbonyl (C=O) groups excluding carboxylic acids is 3. The Labute approximate surface area is 129 Å². The van der Waals surface area contributed by atoms with Gasteiger partial charge in [0.25, 0.3) is 5.91 Å². The minimum atomic E-state index is -0.613. The fourth-order valence-electron chi connectivity index (χ4n) is 2.14. The molecule has 0 radical (unpaired) electrons. The summed E-state index contributed by atoms with van der Waals surface area (Å²) < 4.78 is 0. The Morgan fingerprint density at radius 3 is 2.45 bits per heavy atom. The highest BCUT2D eigenvalue weighted by molar-refractivity contribution is 6.04. The SMILES string of the molecule is CN(C)c1ccc(CNC(=O)CCC2NC(=O)NC2=O)cc1. The van der Waals surface area contributed by atoms with Crippen LogP contribution in [0.25, 0.3) is 0 Å². The van der Waals surface area contributed by atoms with Gasteiger partial charge in [0.15, 0.2) is 0 Å². The Morgan fingerprint density at radius 1 is 1.23 bits per heavy atom. The summed E-state index contributed by atoms with van der Waals surface area (Å²) in [6.07, 6.45) is 0.483. The molecular weight excluding hydrogens is 284 g/mol. The number of nitrogens with one attached hydrogen (secondary N) is 3. The Kier molecular flexibility index (Phi) is 4.98. The number of carbonyl (C=O) groups is 3. The normalized spacial score (nSPS) is 16.9. The lowest BCUT2D eigenvalue weighted by Crippen LogP contribution is -2.31. The van der Waals surface area contributed by atoms with Crippen molar-refractivity contribution >= 4 is 23.5 Å². The van der Waals surface area contributed by atoms with Crippen LogP contribution in [0.1, 0.15) is 18.4 Å². The maximum absolute atomic E-state index is 11.8. The van der Waals surface area contributed by atoms with E-state index in [9.17, 15) is 14.4 Å². The zero-order chi connectivity index (χ0) is 16.1. The molecular formula is C15H20N4O3. The number of hydrogen-bond acceptors (Lipinski definition) is 4. The van der Waals surface area contributed by atoms with Gasteiger partial charge in [-0.05, 0) is 24.1 Å². The molecule has 1 saturated heterocycles. The number of amides is 4. The second kappa shape index (κ2) is 6.93. The third-order valence-corrected chi connectivity index (χ3v) is 3.46. The molecule has 1 heterocycles. The van der Waals surface area contributed by atoms with Crippen molar-refractivity contribution in [2.24, 2.45) is 0 Å². The molecule has 118 valence electrons. The van der Waals surface area contributed by atoms with Gasteiger partial charge in [-0.25, -0.2) is 4.79 Å². The molecule has 1 aromatic carbocycles. The number of rotatable bonds is 6. The quantitative estimate of drug-likeness (QED) is 0.662. The van der Waals surface area contributed by atoms with Crippen LogP contribution in [0, 0.1) is 0 Å². The number of nitrogens with zero attached hydrogens (tertiary/aromatic N) is 1. The number of imide groups is 1. The van der Waals surface area contributed by atoms with Crippen LogP contribution in [0.3, 0.4) is 0 Å². The summed E-state index contributed by atoms with van der Waals surface area (Å²) in [6, 6.07) is 6.77. The van der Waals surface area contributed by atoms with Crippen molar-refractivity contribution in [2.45, 2.75) is 25.4 Å². The molecule has 0 saturated carbocycles. The number of anilines is 1. The van der Waals surface area contributed by atoms with Gasteiger partial charge in [-0.15, -0.1) is 0 Å². The number of urea groups is 1. The minimum Gasteiger partial charge on any atom is -0.378 e. The van der Waals surface area contributed by atoms with Gasteiger partial charge in [0, 0.05) is 32.7 Å². The smallest absolute Gasteiger partial charge is 0.322 e. The molecule has 22 heavy (non-hydrogen) atoms. The molecule has 1 atom stereocenters.